The minimum atomic E-state index is 0.224. The molecule has 2 unspecified atom stereocenters. The fourth-order valence-electron chi connectivity index (χ4n) is 1.37. The van der Waals surface area contributed by atoms with Crippen molar-refractivity contribution in [2.24, 2.45) is 0 Å². The summed E-state index contributed by atoms with van der Waals surface area (Å²) in [5.41, 5.74) is 0. The lowest BCUT2D eigenvalue weighted by molar-refractivity contribution is 0.155. The van der Waals surface area contributed by atoms with E-state index in [1.54, 1.807) is 0 Å². The molecule has 2 nitrogen and oxygen atoms in total. The van der Waals surface area contributed by atoms with Crippen molar-refractivity contribution < 1.29 is 9.47 Å². The van der Waals surface area contributed by atoms with Gasteiger partial charge in [0.15, 0.2) is 0 Å². The Morgan fingerprint density at radius 1 is 1.46 bits per heavy atom. The monoisotopic (exact) mass is 178 g/mol. The largest absolute Gasteiger partial charge is 0.488 e. The number of rotatable bonds is 4. The molecule has 0 N–H and O–H groups in total. The predicted molar refractivity (Wildman–Crippen MR) is 50.9 cm³/mol. The topological polar surface area (TPSA) is 21.8 Å². The van der Waals surface area contributed by atoms with Crippen LogP contribution in [0.4, 0.5) is 0 Å². The Kier molecular flexibility index (Phi) is 2.50. The molecule has 0 aromatic heterocycles. The zero-order chi connectivity index (χ0) is 9.10. The Morgan fingerprint density at radius 3 is 2.69 bits per heavy atom. The lowest BCUT2D eigenvalue weighted by atomic mass is 10.2. The summed E-state index contributed by atoms with van der Waals surface area (Å²) in [6.07, 6.45) is 1.55. The van der Waals surface area contributed by atoms with E-state index in [4.69, 9.17) is 9.47 Å². The molecule has 0 amide bonds. The third-order valence-electron chi connectivity index (χ3n) is 2.21. The van der Waals surface area contributed by atoms with Crippen molar-refractivity contribution in [3.63, 3.8) is 0 Å². The third kappa shape index (κ3) is 2.22. The molecular weight excluding hydrogens is 164 g/mol. The molecule has 1 aliphatic rings. The van der Waals surface area contributed by atoms with Crippen LogP contribution >= 0.6 is 0 Å². The van der Waals surface area contributed by atoms with Crippen LogP contribution in [0.25, 0.3) is 0 Å². The van der Waals surface area contributed by atoms with Gasteiger partial charge >= 0.3 is 0 Å². The summed E-state index contributed by atoms with van der Waals surface area (Å²) in [4.78, 5) is 0. The van der Waals surface area contributed by atoms with Gasteiger partial charge in [-0.1, -0.05) is 25.1 Å². The Hall–Kier alpha value is -1.02. The first kappa shape index (κ1) is 8.57. The Labute approximate surface area is 78.5 Å². The minimum absolute atomic E-state index is 0.224. The quantitative estimate of drug-likeness (QED) is 0.659. The highest BCUT2D eigenvalue weighted by molar-refractivity contribution is 5.21. The van der Waals surface area contributed by atoms with Gasteiger partial charge in [-0.3, -0.25) is 0 Å². The van der Waals surface area contributed by atoms with E-state index in [2.05, 4.69) is 6.92 Å². The van der Waals surface area contributed by atoms with Crippen molar-refractivity contribution in [2.45, 2.75) is 25.6 Å². The summed E-state index contributed by atoms with van der Waals surface area (Å²) in [6, 6.07) is 9.91. The molecular formula is C11H14O2. The Bertz CT molecular complexity index is 254. The summed E-state index contributed by atoms with van der Waals surface area (Å²) in [5, 5.41) is 0. The van der Waals surface area contributed by atoms with Crippen molar-refractivity contribution in [1.29, 1.82) is 0 Å². The summed E-state index contributed by atoms with van der Waals surface area (Å²) >= 11 is 0. The normalized spacial score (nSPS) is 22.4. The Balaban J connectivity index is 1.95. The number of ether oxygens (including phenoxy) is 2. The number of hydrogen-bond acceptors (Lipinski definition) is 2. The summed E-state index contributed by atoms with van der Waals surface area (Å²) in [5.74, 6) is 0.935. The first-order chi connectivity index (χ1) is 6.40. The van der Waals surface area contributed by atoms with Gasteiger partial charge in [0.1, 0.15) is 18.0 Å². The van der Waals surface area contributed by atoms with Crippen molar-refractivity contribution >= 4 is 0 Å². The smallest absolute Gasteiger partial charge is 0.127 e. The average Bonchev–Trinajstić information content (AvgIpc) is 2.99. The molecule has 0 saturated carbocycles. The highest BCUT2D eigenvalue weighted by Gasteiger charge is 2.33. The molecule has 2 rings (SSSR count). The average molecular weight is 178 g/mol. The molecule has 1 fully saturated rings. The van der Waals surface area contributed by atoms with Gasteiger partial charge in [-0.2, -0.15) is 0 Å². The molecule has 70 valence electrons. The van der Waals surface area contributed by atoms with Crippen molar-refractivity contribution in [1.82, 2.24) is 0 Å². The van der Waals surface area contributed by atoms with E-state index in [9.17, 15) is 0 Å². The van der Waals surface area contributed by atoms with Crippen LogP contribution < -0.4 is 4.74 Å². The van der Waals surface area contributed by atoms with Crippen LogP contribution in [0.15, 0.2) is 30.3 Å². The van der Waals surface area contributed by atoms with Gasteiger partial charge in [-0.05, 0) is 18.6 Å². The fraction of sp³-hybridized carbons (Fsp3) is 0.455. The van der Waals surface area contributed by atoms with Gasteiger partial charge in [0, 0.05) is 0 Å². The van der Waals surface area contributed by atoms with Gasteiger partial charge in [-0.15, -0.1) is 0 Å². The van der Waals surface area contributed by atoms with Crippen LogP contribution in [0.5, 0.6) is 5.75 Å². The van der Waals surface area contributed by atoms with Crippen molar-refractivity contribution in [3.05, 3.63) is 30.3 Å². The minimum Gasteiger partial charge on any atom is -0.488 e. The van der Waals surface area contributed by atoms with Crippen LogP contribution in [-0.2, 0) is 4.74 Å². The molecule has 1 aromatic carbocycles. The molecule has 2 heteroatoms. The van der Waals surface area contributed by atoms with Crippen molar-refractivity contribution in [3.8, 4) is 5.75 Å². The van der Waals surface area contributed by atoms with Crippen LogP contribution in [-0.4, -0.2) is 18.8 Å². The number of para-hydroxylation sites is 1. The van der Waals surface area contributed by atoms with E-state index in [0.717, 1.165) is 18.8 Å². The molecule has 0 spiro atoms. The molecule has 1 aliphatic heterocycles. The molecule has 0 bridgehead atoms. The molecule has 13 heavy (non-hydrogen) atoms. The fourth-order valence-corrected chi connectivity index (χ4v) is 1.37. The maximum atomic E-state index is 5.76. The molecule has 1 saturated heterocycles. The third-order valence-corrected chi connectivity index (χ3v) is 2.21. The van der Waals surface area contributed by atoms with E-state index in [0.29, 0.717) is 6.10 Å². The van der Waals surface area contributed by atoms with Gasteiger partial charge in [0.25, 0.3) is 0 Å². The maximum Gasteiger partial charge on any atom is 0.127 e. The highest BCUT2D eigenvalue weighted by atomic mass is 16.6. The Morgan fingerprint density at radius 2 is 2.15 bits per heavy atom. The van der Waals surface area contributed by atoms with E-state index < -0.39 is 0 Å². The maximum absolute atomic E-state index is 5.76. The van der Waals surface area contributed by atoms with Gasteiger partial charge < -0.3 is 9.47 Å². The van der Waals surface area contributed by atoms with Crippen LogP contribution in [0, 0.1) is 0 Å². The highest BCUT2D eigenvalue weighted by Crippen LogP contribution is 2.22. The van der Waals surface area contributed by atoms with E-state index in [-0.39, 0.29) is 6.10 Å². The van der Waals surface area contributed by atoms with E-state index >= 15 is 0 Å². The van der Waals surface area contributed by atoms with E-state index in [1.165, 1.54) is 0 Å². The number of hydrogen-bond donors (Lipinski definition) is 0. The van der Waals surface area contributed by atoms with Crippen LogP contribution in [0.1, 0.15) is 13.3 Å². The van der Waals surface area contributed by atoms with Crippen molar-refractivity contribution in [2.75, 3.05) is 6.61 Å². The van der Waals surface area contributed by atoms with Gasteiger partial charge in [0.05, 0.1) is 6.61 Å². The molecule has 1 aromatic rings. The zero-order valence-electron chi connectivity index (χ0n) is 7.77. The van der Waals surface area contributed by atoms with Gasteiger partial charge in [-0.25, -0.2) is 0 Å². The van der Waals surface area contributed by atoms with Crippen LogP contribution in [0.3, 0.4) is 0 Å². The lowest BCUT2D eigenvalue weighted by Crippen LogP contribution is -2.21. The summed E-state index contributed by atoms with van der Waals surface area (Å²) < 4.78 is 11.0. The summed E-state index contributed by atoms with van der Waals surface area (Å²) in [7, 11) is 0. The zero-order valence-corrected chi connectivity index (χ0v) is 7.77. The lowest BCUT2D eigenvalue weighted by Gasteiger charge is -2.14. The molecule has 0 radical (unpaired) electrons. The second-order valence-electron chi connectivity index (χ2n) is 3.25. The SMILES string of the molecule is CCC(Oc1ccccc1)C1CO1. The number of epoxide rings is 1. The molecule has 1 heterocycles. The van der Waals surface area contributed by atoms with Crippen LogP contribution in [0.2, 0.25) is 0 Å². The second kappa shape index (κ2) is 3.79. The molecule has 2 atom stereocenters. The second-order valence-corrected chi connectivity index (χ2v) is 3.25. The number of benzene rings is 1. The summed E-state index contributed by atoms with van der Waals surface area (Å²) in [6.45, 7) is 2.97. The first-order valence-electron chi connectivity index (χ1n) is 4.73. The first-order valence-corrected chi connectivity index (χ1v) is 4.73. The molecule has 0 aliphatic carbocycles. The predicted octanol–water partition coefficient (Wildman–Crippen LogP) is 2.24. The van der Waals surface area contributed by atoms with E-state index in [1.807, 2.05) is 30.3 Å². The van der Waals surface area contributed by atoms with Gasteiger partial charge in [0.2, 0.25) is 0 Å². The standard InChI is InChI=1S/C11H14O2/c1-2-10(11-8-12-11)13-9-6-4-3-5-7-9/h3-7,10-11H,2,8H2,1H3.